The second-order valence-electron chi connectivity index (χ2n) is 5.18. The molecule has 3 heteroatoms. The van der Waals surface area contributed by atoms with Gasteiger partial charge < -0.3 is 9.32 Å². The van der Waals surface area contributed by atoms with Crippen LogP contribution in [0.15, 0.2) is 71.4 Å². The zero-order valence-corrected chi connectivity index (χ0v) is 12.4. The first kappa shape index (κ1) is 14.1. The lowest BCUT2D eigenvalue weighted by atomic mass is 10.0. The van der Waals surface area contributed by atoms with Crippen molar-refractivity contribution in [2.75, 3.05) is 7.05 Å². The third-order valence-electron chi connectivity index (χ3n) is 3.58. The number of hydrogen-bond acceptors (Lipinski definition) is 2. The summed E-state index contributed by atoms with van der Waals surface area (Å²) in [6.45, 7) is 0.464. The van der Waals surface area contributed by atoms with Gasteiger partial charge in [0.2, 0.25) is 5.91 Å². The maximum absolute atomic E-state index is 12.2. The minimum absolute atomic E-state index is 0.0515. The summed E-state index contributed by atoms with van der Waals surface area (Å²) in [5.74, 6) is 0.721. The molecule has 0 radical (unpaired) electrons. The second kappa shape index (κ2) is 6.31. The molecule has 0 fully saturated rings. The number of fused-ring (bicyclic) bond motifs is 1. The third-order valence-corrected chi connectivity index (χ3v) is 3.58. The third kappa shape index (κ3) is 3.09. The molecule has 2 aromatic carbocycles. The number of amides is 1. The normalized spacial score (nSPS) is 11.1. The highest BCUT2D eigenvalue weighted by Gasteiger charge is 2.07. The molecule has 0 atom stereocenters. The first-order valence-electron chi connectivity index (χ1n) is 7.17. The topological polar surface area (TPSA) is 33.5 Å². The Morgan fingerprint density at radius 1 is 1.09 bits per heavy atom. The highest BCUT2D eigenvalue weighted by molar-refractivity contribution is 5.96. The SMILES string of the molecule is CN(Cc1ccco1)C(=O)/C=C/c1cccc2ccccc12. The Balaban J connectivity index is 1.76. The summed E-state index contributed by atoms with van der Waals surface area (Å²) >= 11 is 0. The number of benzene rings is 2. The molecular formula is C19H17NO2. The van der Waals surface area contributed by atoms with Gasteiger partial charge in [0.25, 0.3) is 0 Å². The molecule has 0 saturated carbocycles. The number of rotatable bonds is 4. The van der Waals surface area contributed by atoms with E-state index in [1.54, 1.807) is 24.3 Å². The summed E-state index contributed by atoms with van der Waals surface area (Å²) in [5.41, 5.74) is 1.04. The maximum Gasteiger partial charge on any atom is 0.246 e. The summed E-state index contributed by atoms with van der Waals surface area (Å²) in [7, 11) is 1.76. The van der Waals surface area contributed by atoms with Crippen molar-refractivity contribution < 1.29 is 9.21 Å². The number of carbonyl (C=O) groups excluding carboxylic acids is 1. The van der Waals surface area contributed by atoms with E-state index in [-0.39, 0.29) is 5.91 Å². The van der Waals surface area contributed by atoms with E-state index in [1.807, 2.05) is 42.5 Å². The molecule has 1 heterocycles. The van der Waals surface area contributed by atoms with E-state index in [4.69, 9.17) is 4.42 Å². The van der Waals surface area contributed by atoms with Crippen LogP contribution < -0.4 is 0 Å². The van der Waals surface area contributed by atoms with Gasteiger partial charge in [0.15, 0.2) is 0 Å². The Labute approximate surface area is 129 Å². The van der Waals surface area contributed by atoms with Crippen molar-refractivity contribution >= 4 is 22.8 Å². The summed E-state index contributed by atoms with van der Waals surface area (Å²) in [6.07, 6.45) is 5.08. The number of likely N-dealkylation sites (N-methyl/N-ethyl adjacent to an activating group) is 1. The van der Waals surface area contributed by atoms with Crippen LogP contribution >= 0.6 is 0 Å². The first-order valence-corrected chi connectivity index (χ1v) is 7.17. The highest BCUT2D eigenvalue weighted by Crippen LogP contribution is 2.19. The minimum atomic E-state index is -0.0515. The number of hydrogen-bond donors (Lipinski definition) is 0. The van der Waals surface area contributed by atoms with Crippen molar-refractivity contribution in [1.82, 2.24) is 4.90 Å². The lowest BCUT2D eigenvalue weighted by molar-refractivity contribution is -0.125. The molecule has 3 rings (SSSR count). The number of furan rings is 1. The summed E-state index contributed by atoms with van der Waals surface area (Å²) in [5, 5.41) is 2.31. The molecule has 0 saturated heterocycles. The standard InChI is InChI=1S/C19H17NO2/c1-20(14-17-9-5-13-22-17)19(21)12-11-16-8-4-7-15-6-2-3-10-18(15)16/h2-13H,14H2,1H3/b12-11+. The van der Waals surface area contributed by atoms with Crippen LogP contribution in [0.1, 0.15) is 11.3 Å². The highest BCUT2D eigenvalue weighted by atomic mass is 16.3. The van der Waals surface area contributed by atoms with Crippen LogP contribution in [0.4, 0.5) is 0 Å². The molecule has 0 unspecified atom stereocenters. The fourth-order valence-corrected chi connectivity index (χ4v) is 2.40. The molecule has 0 bridgehead atoms. The van der Waals surface area contributed by atoms with Crippen LogP contribution in [0.5, 0.6) is 0 Å². The molecular weight excluding hydrogens is 274 g/mol. The first-order chi connectivity index (χ1) is 10.7. The largest absolute Gasteiger partial charge is 0.467 e. The van der Waals surface area contributed by atoms with Crippen molar-refractivity contribution in [2.45, 2.75) is 6.54 Å². The Morgan fingerprint density at radius 3 is 2.73 bits per heavy atom. The minimum Gasteiger partial charge on any atom is -0.467 e. The average molecular weight is 291 g/mol. The predicted molar refractivity (Wildman–Crippen MR) is 88.2 cm³/mol. The molecule has 1 amide bonds. The fourth-order valence-electron chi connectivity index (χ4n) is 2.40. The monoisotopic (exact) mass is 291 g/mol. The van der Waals surface area contributed by atoms with E-state index in [1.165, 1.54) is 5.39 Å². The van der Waals surface area contributed by atoms with Gasteiger partial charge in [0.1, 0.15) is 5.76 Å². The van der Waals surface area contributed by atoms with E-state index in [2.05, 4.69) is 18.2 Å². The molecule has 0 spiro atoms. The van der Waals surface area contributed by atoms with E-state index < -0.39 is 0 Å². The van der Waals surface area contributed by atoms with Gasteiger partial charge in [0, 0.05) is 13.1 Å². The van der Waals surface area contributed by atoms with Crippen molar-refractivity contribution in [1.29, 1.82) is 0 Å². The van der Waals surface area contributed by atoms with Gasteiger partial charge in [0.05, 0.1) is 12.8 Å². The molecule has 3 nitrogen and oxygen atoms in total. The quantitative estimate of drug-likeness (QED) is 0.678. The van der Waals surface area contributed by atoms with Gasteiger partial charge in [-0.25, -0.2) is 0 Å². The summed E-state index contributed by atoms with van der Waals surface area (Å²) in [4.78, 5) is 13.8. The molecule has 22 heavy (non-hydrogen) atoms. The van der Waals surface area contributed by atoms with Crippen LogP contribution in [0.3, 0.4) is 0 Å². The smallest absolute Gasteiger partial charge is 0.246 e. The maximum atomic E-state index is 12.2. The number of nitrogens with zero attached hydrogens (tertiary/aromatic N) is 1. The Hall–Kier alpha value is -2.81. The van der Waals surface area contributed by atoms with Gasteiger partial charge in [-0.15, -0.1) is 0 Å². The average Bonchev–Trinajstić information content (AvgIpc) is 3.05. The van der Waals surface area contributed by atoms with Gasteiger partial charge in [-0.1, -0.05) is 42.5 Å². The zero-order chi connectivity index (χ0) is 15.4. The lowest BCUT2D eigenvalue weighted by Gasteiger charge is -2.13. The zero-order valence-electron chi connectivity index (χ0n) is 12.4. The predicted octanol–water partition coefficient (Wildman–Crippen LogP) is 4.10. The van der Waals surface area contributed by atoms with E-state index in [0.29, 0.717) is 6.54 Å². The second-order valence-corrected chi connectivity index (χ2v) is 5.18. The molecule has 1 aromatic heterocycles. The van der Waals surface area contributed by atoms with Crippen molar-refractivity contribution in [3.05, 3.63) is 78.3 Å². The Morgan fingerprint density at radius 2 is 1.91 bits per heavy atom. The molecule has 0 aliphatic heterocycles. The summed E-state index contributed by atoms with van der Waals surface area (Å²) in [6, 6.07) is 17.9. The molecule has 0 aliphatic rings. The van der Waals surface area contributed by atoms with E-state index in [0.717, 1.165) is 16.7 Å². The van der Waals surface area contributed by atoms with Gasteiger partial charge >= 0.3 is 0 Å². The van der Waals surface area contributed by atoms with Gasteiger partial charge in [-0.2, -0.15) is 0 Å². The molecule has 0 N–H and O–H groups in total. The molecule has 110 valence electrons. The Bertz CT molecular complexity index is 798. The molecule has 0 aliphatic carbocycles. The number of carbonyl (C=O) groups is 1. The van der Waals surface area contributed by atoms with Crippen LogP contribution in [0.25, 0.3) is 16.8 Å². The van der Waals surface area contributed by atoms with Crippen molar-refractivity contribution in [3.8, 4) is 0 Å². The van der Waals surface area contributed by atoms with Crippen molar-refractivity contribution in [3.63, 3.8) is 0 Å². The van der Waals surface area contributed by atoms with Gasteiger partial charge in [-0.3, -0.25) is 4.79 Å². The van der Waals surface area contributed by atoms with Crippen LogP contribution in [0.2, 0.25) is 0 Å². The Kier molecular flexibility index (Phi) is 4.05. The lowest BCUT2D eigenvalue weighted by Crippen LogP contribution is -2.23. The van der Waals surface area contributed by atoms with E-state index >= 15 is 0 Å². The molecule has 3 aromatic rings. The van der Waals surface area contributed by atoms with Crippen LogP contribution in [0, 0.1) is 0 Å². The summed E-state index contributed by atoms with van der Waals surface area (Å²) < 4.78 is 5.26. The van der Waals surface area contributed by atoms with Crippen molar-refractivity contribution in [2.24, 2.45) is 0 Å². The van der Waals surface area contributed by atoms with Crippen LogP contribution in [-0.4, -0.2) is 17.9 Å². The fraction of sp³-hybridized carbons (Fsp3) is 0.105. The van der Waals surface area contributed by atoms with Crippen LogP contribution in [-0.2, 0) is 11.3 Å². The van der Waals surface area contributed by atoms with E-state index in [9.17, 15) is 4.79 Å². The van der Waals surface area contributed by atoms with Gasteiger partial charge in [-0.05, 0) is 34.5 Å².